The molecule has 1 aromatic heterocycles. The van der Waals surface area contributed by atoms with Gasteiger partial charge < -0.3 is 9.87 Å². The first kappa shape index (κ1) is 26.2. The maximum absolute atomic E-state index is 13.7. The summed E-state index contributed by atoms with van der Waals surface area (Å²) in [6.45, 7) is 0. The fraction of sp³-hybridized carbons (Fsp3) is 0.150. The molecule has 0 aliphatic heterocycles. The van der Waals surface area contributed by atoms with E-state index < -0.39 is 63.2 Å². The van der Waals surface area contributed by atoms with E-state index in [1.165, 1.54) is 0 Å². The number of nitrogens with one attached hydrogen (secondary N) is 1. The summed E-state index contributed by atoms with van der Waals surface area (Å²) in [5.41, 5.74) is -4.45. The topological polar surface area (TPSA) is 111 Å². The monoisotopic (exact) mass is 535 g/mol. The van der Waals surface area contributed by atoms with E-state index in [0.717, 1.165) is 23.1 Å². The van der Waals surface area contributed by atoms with Crippen molar-refractivity contribution < 1.29 is 39.9 Å². The van der Waals surface area contributed by atoms with Gasteiger partial charge in [0.15, 0.2) is 0 Å². The number of nitrogens with zero attached hydrogens (tertiary/aromatic N) is 3. The van der Waals surface area contributed by atoms with Crippen molar-refractivity contribution in [2.24, 2.45) is 0 Å². The van der Waals surface area contributed by atoms with E-state index >= 15 is 0 Å². The summed E-state index contributed by atoms with van der Waals surface area (Å²) in [6.07, 6.45) is -8.67. The van der Waals surface area contributed by atoms with Crippen LogP contribution in [0.1, 0.15) is 22.3 Å². The number of anilines is 1. The minimum atomic E-state index is -5.08. The number of halogens is 7. The zero-order valence-electron chi connectivity index (χ0n) is 16.9. The van der Waals surface area contributed by atoms with Crippen molar-refractivity contribution in [2.45, 2.75) is 23.7 Å². The van der Waals surface area contributed by atoms with Crippen LogP contribution < -0.4 is 5.32 Å². The first-order valence-corrected chi connectivity index (χ1v) is 10.6. The molecule has 0 saturated heterocycles. The first-order chi connectivity index (χ1) is 16.2. The molecule has 0 saturated carbocycles. The summed E-state index contributed by atoms with van der Waals surface area (Å²) < 4.78 is 104. The van der Waals surface area contributed by atoms with Crippen molar-refractivity contribution in [3.05, 3.63) is 70.0 Å². The highest BCUT2D eigenvalue weighted by Gasteiger charge is 2.36. The zero-order chi connectivity index (χ0) is 26.1. The third-order valence-electron chi connectivity index (χ3n) is 4.54. The van der Waals surface area contributed by atoms with E-state index in [-0.39, 0.29) is 16.1 Å². The van der Waals surface area contributed by atoms with Crippen LogP contribution in [0.2, 0.25) is 5.02 Å². The molecular weight excluding hydrogens is 526 g/mol. The number of benzene rings is 2. The number of amides is 1. The molecule has 184 valence electrons. The zero-order valence-corrected chi connectivity index (χ0v) is 18.4. The smallest absolute Gasteiger partial charge is 0.418 e. The van der Waals surface area contributed by atoms with Crippen LogP contribution >= 0.6 is 11.6 Å². The van der Waals surface area contributed by atoms with Crippen LogP contribution in [0.15, 0.2) is 47.6 Å². The lowest BCUT2D eigenvalue weighted by atomic mass is 10.1. The Morgan fingerprint density at radius 3 is 2.40 bits per heavy atom. The molecule has 0 bridgehead atoms. The second-order valence-electron chi connectivity index (χ2n) is 6.91. The Kier molecular flexibility index (Phi) is 7.25. The van der Waals surface area contributed by atoms with Gasteiger partial charge in [-0.05, 0) is 47.0 Å². The van der Waals surface area contributed by atoms with E-state index in [4.69, 9.17) is 16.9 Å². The Morgan fingerprint density at radius 2 is 1.86 bits per heavy atom. The summed E-state index contributed by atoms with van der Waals surface area (Å²) in [5.74, 6) is -1.18. The molecule has 0 fully saturated rings. The molecule has 3 rings (SSSR count). The molecule has 0 spiro atoms. The van der Waals surface area contributed by atoms with E-state index in [9.17, 15) is 39.9 Å². The van der Waals surface area contributed by atoms with Gasteiger partial charge in [-0.1, -0.05) is 11.6 Å². The standard InChI is InChI=1S/C20H11ClF6N4O3S/c21-14-2-1-12(19(22,23)24)3-11(14)4-18(32)30-15-6-17(35(33)34)16(5-13(15)20(25,26)27)31-9-10(7-28)8-29-31/h1-3,5-6,8-9H,4H2,(H,30,32)(H,33,34)/p-1. The molecule has 0 aliphatic rings. The normalized spacial score (nSPS) is 12.8. The third kappa shape index (κ3) is 5.99. The van der Waals surface area contributed by atoms with Gasteiger partial charge in [-0.25, -0.2) is 4.68 Å². The maximum atomic E-state index is 13.7. The van der Waals surface area contributed by atoms with Crippen LogP contribution in [-0.4, -0.2) is 24.4 Å². The Morgan fingerprint density at radius 1 is 1.17 bits per heavy atom. The van der Waals surface area contributed by atoms with Crippen molar-refractivity contribution >= 4 is 34.3 Å². The second-order valence-corrected chi connectivity index (χ2v) is 8.23. The minimum Gasteiger partial charge on any atom is -0.768 e. The number of rotatable bonds is 5. The van der Waals surface area contributed by atoms with Crippen LogP contribution in [0, 0.1) is 11.3 Å². The van der Waals surface area contributed by atoms with E-state index in [2.05, 4.69) is 5.10 Å². The fourth-order valence-electron chi connectivity index (χ4n) is 2.99. The molecule has 0 aliphatic carbocycles. The average molecular weight is 536 g/mol. The predicted molar refractivity (Wildman–Crippen MR) is 109 cm³/mol. The lowest BCUT2D eigenvalue weighted by molar-refractivity contribution is -0.138. The molecule has 0 radical (unpaired) electrons. The van der Waals surface area contributed by atoms with Gasteiger partial charge in [-0.2, -0.15) is 36.7 Å². The highest BCUT2D eigenvalue weighted by atomic mass is 35.5. The molecule has 1 heterocycles. The van der Waals surface area contributed by atoms with Crippen molar-refractivity contribution in [3.8, 4) is 11.8 Å². The molecule has 1 atom stereocenters. The molecular formula is C20H10ClF6N4O3S-. The molecule has 1 unspecified atom stereocenters. The van der Waals surface area contributed by atoms with Crippen LogP contribution in [0.25, 0.3) is 5.69 Å². The van der Waals surface area contributed by atoms with Crippen molar-refractivity contribution in [1.82, 2.24) is 9.78 Å². The molecule has 3 aromatic rings. The summed E-state index contributed by atoms with van der Waals surface area (Å²) in [5, 5.41) is 14.2. The van der Waals surface area contributed by atoms with E-state index in [1.54, 1.807) is 6.07 Å². The van der Waals surface area contributed by atoms with Gasteiger partial charge >= 0.3 is 12.4 Å². The Balaban J connectivity index is 2.03. The Labute approximate surface area is 200 Å². The van der Waals surface area contributed by atoms with Crippen molar-refractivity contribution in [2.75, 3.05) is 5.32 Å². The van der Waals surface area contributed by atoms with Gasteiger partial charge in [0.2, 0.25) is 5.91 Å². The molecule has 2 aromatic carbocycles. The molecule has 7 nitrogen and oxygen atoms in total. The highest BCUT2D eigenvalue weighted by molar-refractivity contribution is 7.79. The average Bonchev–Trinajstić information content (AvgIpc) is 3.22. The number of aromatic nitrogens is 2. The van der Waals surface area contributed by atoms with Crippen molar-refractivity contribution in [3.63, 3.8) is 0 Å². The van der Waals surface area contributed by atoms with Gasteiger partial charge in [-0.3, -0.25) is 9.00 Å². The Bertz CT molecular complexity index is 1360. The van der Waals surface area contributed by atoms with Crippen LogP contribution in [0.3, 0.4) is 0 Å². The van der Waals surface area contributed by atoms with Crippen molar-refractivity contribution in [1.29, 1.82) is 5.26 Å². The maximum Gasteiger partial charge on any atom is 0.418 e. The lowest BCUT2D eigenvalue weighted by Crippen LogP contribution is -2.20. The van der Waals surface area contributed by atoms with Crippen LogP contribution in [0.5, 0.6) is 0 Å². The number of carbonyl (C=O) groups is 1. The molecule has 15 heteroatoms. The van der Waals surface area contributed by atoms with E-state index in [0.29, 0.717) is 24.3 Å². The Hall–Kier alpha value is -3.41. The SMILES string of the molecule is N#Cc1cnn(-c2cc(C(F)(F)F)c(NC(=O)Cc3cc(C(F)(F)F)ccc3Cl)cc2S(=O)[O-])c1. The van der Waals surface area contributed by atoms with Crippen LogP contribution in [0.4, 0.5) is 32.0 Å². The first-order valence-electron chi connectivity index (χ1n) is 9.16. The van der Waals surface area contributed by atoms with Gasteiger partial charge in [0.05, 0.1) is 45.6 Å². The number of nitriles is 1. The number of carbonyl (C=O) groups excluding carboxylic acids is 1. The number of alkyl halides is 6. The summed E-state index contributed by atoms with van der Waals surface area (Å²) in [4.78, 5) is 11.7. The van der Waals surface area contributed by atoms with Gasteiger partial charge in [0, 0.05) is 11.2 Å². The van der Waals surface area contributed by atoms with E-state index in [1.807, 2.05) is 5.32 Å². The van der Waals surface area contributed by atoms with Crippen LogP contribution in [-0.2, 0) is 34.6 Å². The second kappa shape index (κ2) is 9.68. The van der Waals surface area contributed by atoms with Gasteiger partial charge in [0.25, 0.3) is 0 Å². The molecule has 35 heavy (non-hydrogen) atoms. The number of hydrogen-bond donors (Lipinski definition) is 1. The minimum absolute atomic E-state index is 0.0588. The summed E-state index contributed by atoms with van der Waals surface area (Å²) in [7, 11) is 0. The summed E-state index contributed by atoms with van der Waals surface area (Å²) in [6, 6.07) is 4.77. The third-order valence-corrected chi connectivity index (χ3v) is 5.60. The largest absolute Gasteiger partial charge is 0.768 e. The van der Waals surface area contributed by atoms with Gasteiger partial charge in [0.1, 0.15) is 6.07 Å². The fourth-order valence-corrected chi connectivity index (χ4v) is 3.71. The summed E-state index contributed by atoms with van der Waals surface area (Å²) >= 11 is 2.72. The highest BCUT2D eigenvalue weighted by Crippen LogP contribution is 2.39. The number of hydrogen-bond acceptors (Lipinski definition) is 5. The predicted octanol–water partition coefficient (Wildman–Crippen LogP) is 4.85. The lowest BCUT2D eigenvalue weighted by Gasteiger charge is -2.20. The molecule has 1 N–H and O–H groups in total. The van der Waals surface area contributed by atoms with Gasteiger partial charge in [-0.15, -0.1) is 0 Å². The molecule has 1 amide bonds. The quantitative estimate of drug-likeness (QED) is 0.371.